The van der Waals surface area contributed by atoms with E-state index in [2.05, 4.69) is 10.3 Å². The molecule has 1 heterocycles. The van der Waals surface area contributed by atoms with Crippen molar-refractivity contribution in [3.63, 3.8) is 0 Å². The highest BCUT2D eigenvalue weighted by Crippen LogP contribution is 2.31. The summed E-state index contributed by atoms with van der Waals surface area (Å²) in [6, 6.07) is 13.2. The molecule has 0 aliphatic heterocycles. The molecule has 1 N–H and O–H groups in total. The van der Waals surface area contributed by atoms with Gasteiger partial charge in [0.1, 0.15) is 11.5 Å². The molecule has 0 aliphatic rings. The minimum atomic E-state index is -0.120. The Balaban J connectivity index is 1.65. The number of methoxy groups -OCH3 is 2. The average molecular weight is 360 g/mol. The Bertz CT molecular complexity index is 831. The standard InChI is InChI=1S/C17H16N2O3S2/c1-21-11-7-8-14(22-2)13(9-11)18-16(20)10-23-17-19-12-5-3-4-6-15(12)24-17/h3-9H,10H2,1-2H3,(H,18,20). The molecular weight excluding hydrogens is 344 g/mol. The van der Waals surface area contributed by atoms with Gasteiger partial charge in [-0.3, -0.25) is 4.79 Å². The highest BCUT2D eigenvalue weighted by molar-refractivity contribution is 8.01. The Morgan fingerprint density at radius 1 is 1.21 bits per heavy atom. The van der Waals surface area contributed by atoms with Gasteiger partial charge < -0.3 is 14.8 Å². The summed E-state index contributed by atoms with van der Waals surface area (Å²) in [6.45, 7) is 0. The summed E-state index contributed by atoms with van der Waals surface area (Å²) in [4.78, 5) is 16.7. The first kappa shape index (κ1) is 16.6. The smallest absolute Gasteiger partial charge is 0.234 e. The van der Waals surface area contributed by atoms with Crippen molar-refractivity contribution in [1.29, 1.82) is 0 Å². The van der Waals surface area contributed by atoms with Gasteiger partial charge in [0.05, 0.1) is 35.9 Å². The number of anilines is 1. The van der Waals surface area contributed by atoms with Crippen molar-refractivity contribution in [2.75, 3.05) is 25.3 Å². The minimum Gasteiger partial charge on any atom is -0.497 e. The van der Waals surface area contributed by atoms with Gasteiger partial charge in [0.2, 0.25) is 5.91 Å². The van der Waals surface area contributed by atoms with E-state index in [-0.39, 0.29) is 11.7 Å². The molecule has 24 heavy (non-hydrogen) atoms. The number of ether oxygens (including phenoxy) is 2. The van der Waals surface area contributed by atoms with Crippen LogP contribution in [0.1, 0.15) is 0 Å². The lowest BCUT2D eigenvalue weighted by atomic mass is 10.2. The molecule has 0 radical (unpaired) electrons. The van der Waals surface area contributed by atoms with Crippen LogP contribution in [0.3, 0.4) is 0 Å². The first-order valence-corrected chi connectivity index (χ1v) is 9.00. The van der Waals surface area contributed by atoms with Crippen LogP contribution in [0.15, 0.2) is 46.8 Å². The zero-order valence-corrected chi connectivity index (χ0v) is 14.9. The van der Waals surface area contributed by atoms with E-state index in [4.69, 9.17) is 9.47 Å². The Labute approximate surface area is 148 Å². The lowest BCUT2D eigenvalue weighted by Crippen LogP contribution is -2.14. The summed E-state index contributed by atoms with van der Waals surface area (Å²) in [6.07, 6.45) is 0. The van der Waals surface area contributed by atoms with Crippen LogP contribution >= 0.6 is 23.1 Å². The summed E-state index contributed by atoms with van der Waals surface area (Å²) in [5, 5.41) is 2.85. The van der Waals surface area contributed by atoms with Crippen molar-refractivity contribution >= 4 is 44.9 Å². The molecule has 0 saturated carbocycles. The van der Waals surface area contributed by atoms with Gasteiger partial charge in [0.15, 0.2) is 4.34 Å². The second-order valence-corrected chi connectivity index (χ2v) is 7.10. The van der Waals surface area contributed by atoms with Crippen LogP contribution in [-0.4, -0.2) is 30.9 Å². The third-order valence-electron chi connectivity index (χ3n) is 3.28. The van der Waals surface area contributed by atoms with E-state index >= 15 is 0 Å². The lowest BCUT2D eigenvalue weighted by Gasteiger charge is -2.11. The highest BCUT2D eigenvalue weighted by atomic mass is 32.2. The van der Waals surface area contributed by atoms with E-state index in [1.807, 2.05) is 24.3 Å². The zero-order valence-electron chi connectivity index (χ0n) is 13.2. The number of nitrogens with zero attached hydrogens (tertiary/aromatic N) is 1. The fourth-order valence-electron chi connectivity index (χ4n) is 2.14. The Kier molecular flexibility index (Phi) is 5.22. The summed E-state index contributed by atoms with van der Waals surface area (Å²) < 4.78 is 12.4. The van der Waals surface area contributed by atoms with Crippen molar-refractivity contribution in [3.05, 3.63) is 42.5 Å². The van der Waals surface area contributed by atoms with Gasteiger partial charge in [0.25, 0.3) is 0 Å². The molecule has 0 spiro atoms. The fraction of sp³-hybridized carbons (Fsp3) is 0.176. The van der Waals surface area contributed by atoms with Gasteiger partial charge in [-0.05, 0) is 24.3 Å². The van der Waals surface area contributed by atoms with E-state index in [1.54, 1.807) is 43.8 Å². The monoisotopic (exact) mass is 360 g/mol. The summed E-state index contributed by atoms with van der Waals surface area (Å²) in [5.41, 5.74) is 1.55. The molecule has 1 amide bonds. The van der Waals surface area contributed by atoms with Gasteiger partial charge in [-0.15, -0.1) is 11.3 Å². The fourth-order valence-corrected chi connectivity index (χ4v) is 4.01. The van der Waals surface area contributed by atoms with Crippen molar-refractivity contribution in [1.82, 2.24) is 4.98 Å². The number of para-hydroxylation sites is 1. The molecule has 0 saturated heterocycles. The van der Waals surface area contributed by atoms with E-state index in [1.165, 1.54) is 11.8 Å². The van der Waals surface area contributed by atoms with Crippen molar-refractivity contribution in [2.24, 2.45) is 0 Å². The number of carbonyl (C=O) groups excluding carboxylic acids is 1. The molecule has 7 heteroatoms. The molecule has 2 aromatic carbocycles. The Hall–Kier alpha value is -2.25. The number of thioether (sulfide) groups is 1. The van der Waals surface area contributed by atoms with Gasteiger partial charge >= 0.3 is 0 Å². The van der Waals surface area contributed by atoms with Crippen LogP contribution in [0, 0.1) is 0 Å². The molecule has 124 valence electrons. The third kappa shape index (κ3) is 3.80. The third-order valence-corrected chi connectivity index (χ3v) is 5.46. The molecule has 0 unspecified atom stereocenters. The first-order chi connectivity index (χ1) is 11.7. The molecule has 0 fully saturated rings. The maximum absolute atomic E-state index is 12.2. The number of fused-ring (bicyclic) bond motifs is 1. The lowest BCUT2D eigenvalue weighted by molar-refractivity contribution is -0.113. The van der Waals surface area contributed by atoms with Crippen LogP contribution in [0.4, 0.5) is 5.69 Å². The van der Waals surface area contributed by atoms with Crippen LogP contribution in [-0.2, 0) is 4.79 Å². The predicted molar refractivity (Wildman–Crippen MR) is 98.5 cm³/mol. The first-order valence-electron chi connectivity index (χ1n) is 7.20. The Morgan fingerprint density at radius 3 is 2.79 bits per heavy atom. The van der Waals surface area contributed by atoms with Crippen molar-refractivity contribution in [2.45, 2.75) is 4.34 Å². The molecule has 0 atom stereocenters. The molecule has 1 aromatic heterocycles. The van der Waals surface area contributed by atoms with Crippen LogP contribution < -0.4 is 14.8 Å². The molecular formula is C17H16N2O3S2. The summed E-state index contributed by atoms with van der Waals surface area (Å²) >= 11 is 3.01. The van der Waals surface area contributed by atoms with Crippen LogP contribution in [0.25, 0.3) is 10.2 Å². The van der Waals surface area contributed by atoms with E-state index < -0.39 is 0 Å². The summed E-state index contributed by atoms with van der Waals surface area (Å²) in [5.74, 6) is 1.41. The van der Waals surface area contributed by atoms with Crippen molar-refractivity contribution < 1.29 is 14.3 Å². The molecule has 3 aromatic rings. The number of benzene rings is 2. The SMILES string of the molecule is COc1ccc(OC)c(NC(=O)CSc2nc3ccccc3s2)c1. The number of aromatic nitrogens is 1. The van der Waals surface area contributed by atoms with Crippen LogP contribution in [0.5, 0.6) is 11.5 Å². The van der Waals surface area contributed by atoms with Gasteiger partial charge in [0, 0.05) is 6.07 Å². The number of hydrogen-bond donors (Lipinski definition) is 1. The molecule has 3 rings (SSSR count). The number of thiazole rings is 1. The zero-order chi connectivity index (χ0) is 16.9. The number of carbonyl (C=O) groups is 1. The van der Waals surface area contributed by atoms with E-state index in [0.717, 1.165) is 14.6 Å². The highest BCUT2D eigenvalue weighted by Gasteiger charge is 2.11. The van der Waals surface area contributed by atoms with E-state index in [9.17, 15) is 4.79 Å². The number of rotatable bonds is 6. The average Bonchev–Trinajstić information content (AvgIpc) is 3.03. The predicted octanol–water partition coefficient (Wildman–Crippen LogP) is 4.04. The van der Waals surface area contributed by atoms with E-state index in [0.29, 0.717) is 17.2 Å². The largest absolute Gasteiger partial charge is 0.497 e. The number of hydrogen-bond acceptors (Lipinski definition) is 6. The number of amides is 1. The Morgan fingerprint density at radius 2 is 2.04 bits per heavy atom. The normalized spacial score (nSPS) is 10.6. The topological polar surface area (TPSA) is 60.5 Å². The maximum atomic E-state index is 12.2. The summed E-state index contributed by atoms with van der Waals surface area (Å²) in [7, 11) is 3.14. The molecule has 5 nitrogen and oxygen atoms in total. The van der Waals surface area contributed by atoms with Gasteiger partial charge in [-0.25, -0.2) is 4.98 Å². The minimum absolute atomic E-state index is 0.120. The van der Waals surface area contributed by atoms with Gasteiger partial charge in [-0.1, -0.05) is 23.9 Å². The quantitative estimate of drug-likeness (QED) is 0.672. The second-order valence-electron chi connectivity index (χ2n) is 4.85. The maximum Gasteiger partial charge on any atom is 0.234 e. The van der Waals surface area contributed by atoms with Crippen molar-refractivity contribution in [3.8, 4) is 11.5 Å². The number of nitrogens with one attached hydrogen (secondary N) is 1. The van der Waals surface area contributed by atoms with Gasteiger partial charge in [-0.2, -0.15) is 0 Å². The van der Waals surface area contributed by atoms with Crippen LogP contribution in [0.2, 0.25) is 0 Å². The molecule has 0 bridgehead atoms. The second kappa shape index (κ2) is 7.55. The molecule has 0 aliphatic carbocycles.